The van der Waals surface area contributed by atoms with Crippen LogP contribution in [0.1, 0.15) is 119 Å². The van der Waals surface area contributed by atoms with E-state index >= 15 is 0 Å². The van der Waals surface area contributed by atoms with Crippen molar-refractivity contribution in [3.05, 3.63) is 23.3 Å². The van der Waals surface area contributed by atoms with Crippen LogP contribution in [0.15, 0.2) is 23.3 Å². The molecule has 4 aliphatic rings. The third-order valence-electron chi connectivity index (χ3n) is 12.8. The number of ketones is 2. The second-order valence-corrected chi connectivity index (χ2v) is 17.1. The topological polar surface area (TPSA) is 158 Å². The first kappa shape index (κ1) is 45.2. The molecule has 3 aliphatic heterocycles. The van der Waals surface area contributed by atoms with E-state index in [9.17, 15) is 29.4 Å². The quantitative estimate of drug-likeness (QED) is 0.199. The number of fused-ring (bicyclic) bond motifs is 3. The number of carbonyl (C=O) groups is 4. The summed E-state index contributed by atoms with van der Waals surface area (Å²) >= 11 is 0. The first-order valence-corrected chi connectivity index (χ1v) is 20.7. The van der Waals surface area contributed by atoms with Gasteiger partial charge in [-0.05, 0) is 101 Å². The fourth-order valence-corrected chi connectivity index (χ4v) is 9.34. The van der Waals surface area contributed by atoms with E-state index in [1.165, 1.54) is 4.90 Å². The van der Waals surface area contributed by atoms with Crippen LogP contribution in [0.25, 0.3) is 0 Å². The molecular weight excluding hydrogens is 706 g/mol. The van der Waals surface area contributed by atoms with Crippen molar-refractivity contribution in [2.75, 3.05) is 27.9 Å². The number of cyclic esters (lactones) is 1. The van der Waals surface area contributed by atoms with Crippen LogP contribution in [0.3, 0.4) is 0 Å². The number of aliphatic hydroxyl groups is 2. The van der Waals surface area contributed by atoms with Crippen molar-refractivity contribution in [1.29, 1.82) is 0 Å². The van der Waals surface area contributed by atoms with Crippen LogP contribution >= 0.6 is 0 Å². The van der Waals surface area contributed by atoms with Crippen molar-refractivity contribution in [2.24, 2.45) is 29.6 Å². The van der Waals surface area contributed by atoms with Crippen molar-refractivity contribution in [1.82, 2.24) is 4.90 Å². The Hall–Kier alpha value is -2.48. The smallest absolute Gasteiger partial charge is 0.329 e. The Bertz CT molecular complexity index is 1400. The first-order chi connectivity index (χ1) is 26.1. The van der Waals surface area contributed by atoms with Gasteiger partial charge in [0.15, 0.2) is 0 Å². The van der Waals surface area contributed by atoms with E-state index in [1.54, 1.807) is 28.3 Å². The number of rotatable bonds is 6. The second kappa shape index (κ2) is 20.3. The molecule has 55 heavy (non-hydrogen) atoms. The van der Waals surface area contributed by atoms with Gasteiger partial charge < -0.3 is 38.8 Å². The summed E-state index contributed by atoms with van der Waals surface area (Å²) < 4.78 is 29.9. The summed E-state index contributed by atoms with van der Waals surface area (Å²) in [6, 6.07) is -1.09. The number of allylic oxidation sites excluding steroid dienone is 3. The molecule has 312 valence electrons. The number of amides is 1. The average Bonchev–Trinajstić information content (AvgIpc) is 3.16. The Balaban J connectivity index is 1.73. The molecule has 3 fully saturated rings. The molecule has 0 spiro atoms. The van der Waals surface area contributed by atoms with Gasteiger partial charge in [-0.25, -0.2) is 4.79 Å². The number of methoxy groups -OCH3 is 3. The standard InChI is InChI=1S/C43H69NO11/c1-10-31-18-25(2)17-26(3)19-37(52-8)39-38(53-9)21-29(6)43(50,55-39)40(47)41(48)44-16-12-11-13-33(44)42(49)54-36(24-32(45)23-34(31)46)28(5)20-30-15-14-27(4)35(22-30)51-7/h18,20,26-27,29-33,35-39,45,50H,10-17,19,21-24H2,1-9H3/b25-18+,28-20+/t26-,27+,29+,30-,31+,32-,33-,35+,36-,37-,38-,39+,43+/m0/s1. The summed E-state index contributed by atoms with van der Waals surface area (Å²) in [6.07, 6.45) is 6.25. The van der Waals surface area contributed by atoms with E-state index in [0.29, 0.717) is 38.0 Å². The lowest BCUT2D eigenvalue weighted by Crippen LogP contribution is -2.64. The maximum atomic E-state index is 14.2. The fourth-order valence-electron chi connectivity index (χ4n) is 9.34. The van der Waals surface area contributed by atoms with Crippen LogP contribution in [0.2, 0.25) is 0 Å². The maximum absolute atomic E-state index is 14.2. The molecule has 0 aromatic rings. The normalized spacial score (nSPS) is 40.7. The molecular formula is C43H69NO11. The van der Waals surface area contributed by atoms with Gasteiger partial charge in [0.25, 0.3) is 11.7 Å². The molecule has 2 N–H and O–H groups in total. The number of Topliss-reactive ketones (excluding diaryl/α,β-unsaturated/α-hetero) is 2. The molecule has 1 saturated carbocycles. The largest absolute Gasteiger partial charge is 0.456 e. The van der Waals surface area contributed by atoms with Gasteiger partial charge in [0.05, 0.1) is 24.4 Å². The summed E-state index contributed by atoms with van der Waals surface area (Å²) in [7, 11) is 4.80. The summed E-state index contributed by atoms with van der Waals surface area (Å²) in [5.74, 6) is -5.96. The summed E-state index contributed by atoms with van der Waals surface area (Å²) in [4.78, 5) is 57.4. The summed E-state index contributed by atoms with van der Waals surface area (Å²) in [5.41, 5.74) is 1.76. The van der Waals surface area contributed by atoms with Crippen LogP contribution in [0.5, 0.6) is 0 Å². The SMILES string of the molecule is CC[C@@H]1/C=C(\C)C[C@H](C)C[C@H](OC)[C@H]2O[C@@](O)(C(=O)C(=O)N3CCCC[C@H]3C(=O)O[C@H](/C(C)=C/[C@@H]3CC[C@@H](C)[C@H](OC)C3)C[C@@H](O)CC1=O)[C@H](C)C[C@@H]2OC. The Labute approximate surface area is 328 Å². The molecule has 12 heteroatoms. The predicted molar refractivity (Wildman–Crippen MR) is 207 cm³/mol. The van der Waals surface area contributed by atoms with Crippen LogP contribution in [0.4, 0.5) is 0 Å². The van der Waals surface area contributed by atoms with Gasteiger partial charge in [-0.2, -0.15) is 0 Å². The van der Waals surface area contributed by atoms with Gasteiger partial charge >= 0.3 is 5.97 Å². The van der Waals surface area contributed by atoms with Crippen molar-refractivity contribution >= 4 is 23.4 Å². The van der Waals surface area contributed by atoms with Gasteiger partial charge in [0.1, 0.15) is 24.0 Å². The number of piperidine rings is 1. The van der Waals surface area contributed by atoms with Crippen molar-refractivity contribution in [3.63, 3.8) is 0 Å². The van der Waals surface area contributed by atoms with Crippen molar-refractivity contribution in [3.8, 4) is 0 Å². The Kier molecular flexibility index (Phi) is 16.7. The van der Waals surface area contributed by atoms with E-state index in [-0.39, 0.29) is 56.0 Å². The number of aliphatic hydroxyl groups excluding tert-OH is 1. The molecule has 13 atom stereocenters. The Morgan fingerprint density at radius 1 is 0.927 bits per heavy atom. The van der Waals surface area contributed by atoms with Crippen LogP contribution < -0.4 is 0 Å². The molecule has 2 saturated heterocycles. The molecule has 2 bridgehead atoms. The zero-order valence-electron chi connectivity index (χ0n) is 34.8. The molecule has 0 unspecified atom stereocenters. The van der Waals surface area contributed by atoms with E-state index in [4.69, 9.17) is 23.7 Å². The zero-order chi connectivity index (χ0) is 40.6. The van der Waals surface area contributed by atoms with Crippen LogP contribution in [0, 0.1) is 29.6 Å². The summed E-state index contributed by atoms with van der Waals surface area (Å²) in [5, 5.41) is 23.4. The zero-order valence-corrected chi connectivity index (χ0v) is 34.8. The summed E-state index contributed by atoms with van der Waals surface area (Å²) in [6.45, 7) is 11.8. The van der Waals surface area contributed by atoms with E-state index in [2.05, 4.69) is 19.9 Å². The molecule has 1 amide bonds. The third-order valence-corrected chi connectivity index (χ3v) is 12.8. The minimum atomic E-state index is -2.48. The number of hydrogen-bond acceptors (Lipinski definition) is 11. The van der Waals surface area contributed by atoms with Crippen molar-refractivity contribution in [2.45, 2.75) is 167 Å². The number of hydrogen-bond donors (Lipinski definition) is 2. The highest BCUT2D eigenvalue weighted by atomic mass is 16.7. The van der Waals surface area contributed by atoms with E-state index in [0.717, 1.165) is 30.4 Å². The molecule has 3 heterocycles. The van der Waals surface area contributed by atoms with E-state index < -0.39 is 71.8 Å². The van der Waals surface area contributed by atoms with Gasteiger partial charge in [0.2, 0.25) is 5.79 Å². The molecule has 0 aromatic carbocycles. The number of carbonyl (C=O) groups excluding carboxylic acids is 4. The molecule has 0 radical (unpaired) electrons. The van der Waals surface area contributed by atoms with Gasteiger partial charge in [-0.1, -0.05) is 45.4 Å². The minimum Gasteiger partial charge on any atom is -0.456 e. The van der Waals surface area contributed by atoms with Gasteiger partial charge in [0, 0.05) is 52.6 Å². The monoisotopic (exact) mass is 775 g/mol. The number of esters is 1. The lowest BCUT2D eigenvalue weighted by Gasteiger charge is -2.47. The number of ether oxygens (including phenoxy) is 5. The Morgan fingerprint density at radius 2 is 1.60 bits per heavy atom. The highest BCUT2D eigenvalue weighted by Gasteiger charge is 2.56. The first-order valence-electron chi connectivity index (χ1n) is 20.7. The minimum absolute atomic E-state index is 0.00201. The third kappa shape index (κ3) is 11.1. The fraction of sp³-hybridized carbons (Fsp3) is 0.814. The lowest BCUT2D eigenvalue weighted by molar-refractivity contribution is -0.302. The van der Waals surface area contributed by atoms with Crippen molar-refractivity contribution < 1.29 is 53.1 Å². The van der Waals surface area contributed by atoms with Crippen LogP contribution in [-0.4, -0.2) is 115 Å². The Morgan fingerprint density at radius 3 is 2.25 bits per heavy atom. The molecule has 12 nitrogen and oxygen atoms in total. The average molecular weight is 776 g/mol. The highest BCUT2D eigenvalue weighted by molar-refractivity contribution is 6.39. The molecule has 0 aromatic heterocycles. The van der Waals surface area contributed by atoms with Gasteiger partial charge in [-0.3, -0.25) is 14.4 Å². The highest BCUT2D eigenvalue weighted by Crippen LogP contribution is 2.39. The van der Waals surface area contributed by atoms with Gasteiger partial charge in [-0.15, -0.1) is 0 Å². The molecule has 4 rings (SSSR count). The maximum Gasteiger partial charge on any atom is 0.329 e. The predicted octanol–water partition coefficient (Wildman–Crippen LogP) is 5.50. The van der Waals surface area contributed by atoms with Crippen LogP contribution in [-0.2, 0) is 42.9 Å². The second-order valence-electron chi connectivity index (χ2n) is 17.1. The molecule has 1 aliphatic carbocycles. The number of nitrogens with zero attached hydrogens (tertiary/aromatic N) is 1. The van der Waals surface area contributed by atoms with E-state index in [1.807, 2.05) is 26.8 Å². The lowest BCUT2D eigenvalue weighted by atomic mass is 9.79.